The first-order valence-corrected chi connectivity index (χ1v) is 9.37. The summed E-state index contributed by atoms with van der Waals surface area (Å²) in [5.41, 5.74) is 2.18. The van der Waals surface area contributed by atoms with E-state index >= 15 is 0 Å². The number of carbonyl (C=O) groups is 1. The van der Waals surface area contributed by atoms with E-state index in [-0.39, 0.29) is 11.4 Å². The summed E-state index contributed by atoms with van der Waals surface area (Å²) in [7, 11) is 0. The number of aryl methyl sites for hydroxylation is 2. The molecule has 140 valence electrons. The van der Waals surface area contributed by atoms with Crippen molar-refractivity contribution in [2.75, 3.05) is 5.32 Å². The average Bonchev–Trinajstić information content (AvgIpc) is 3.17. The summed E-state index contributed by atoms with van der Waals surface area (Å²) in [5, 5.41) is 17.9. The molecule has 1 N–H and O–H groups in total. The van der Waals surface area contributed by atoms with E-state index in [1.165, 1.54) is 12.1 Å². The molecule has 8 nitrogen and oxygen atoms in total. The molecule has 2 aromatic heterocycles. The molecule has 0 saturated heterocycles. The second-order valence-electron chi connectivity index (χ2n) is 5.85. The summed E-state index contributed by atoms with van der Waals surface area (Å²) >= 11 is 6.47. The topological polar surface area (TPSA) is 103 Å². The molecule has 0 aliphatic heterocycles. The lowest BCUT2D eigenvalue weighted by molar-refractivity contribution is -0.385. The molecule has 0 radical (unpaired) electrons. The van der Waals surface area contributed by atoms with Crippen LogP contribution in [0.2, 0.25) is 0 Å². The molecule has 3 aromatic rings. The molecule has 10 heteroatoms. The van der Waals surface area contributed by atoms with Gasteiger partial charge in [-0.15, -0.1) is 0 Å². The van der Waals surface area contributed by atoms with Crippen molar-refractivity contribution >= 4 is 49.1 Å². The molecule has 1 amide bonds. The monoisotopic (exact) mass is 496 g/mol. The first-order chi connectivity index (χ1) is 12.7. The highest BCUT2D eigenvalue weighted by atomic mass is 79.9. The lowest BCUT2D eigenvalue weighted by Gasteiger charge is -2.08. The molecule has 1 aromatic carbocycles. The highest BCUT2D eigenvalue weighted by molar-refractivity contribution is 9.11. The second kappa shape index (κ2) is 7.65. The molecule has 0 aliphatic rings. The Morgan fingerprint density at radius 2 is 1.93 bits per heavy atom. The lowest BCUT2D eigenvalue weighted by Crippen LogP contribution is -2.12. The minimum Gasteiger partial charge on any atom is -0.454 e. The van der Waals surface area contributed by atoms with Gasteiger partial charge in [-0.3, -0.25) is 19.6 Å². The number of halogens is 2. The third kappa shape index (κ3) is 4.28. The number of benzene rings is 1. The number of nitrogens with one attached hydrogen (secondary N) is 1. The van der Waals surface area contributed by atoms with Crippen LogP contribution in [0.4, 0.5) is 11.4 Å². The average molecular weight is 498 g/mol. The Morgan fingerprint density at radius 1 is 1.26 bits per heavy atom. The van der Waals surface area contributed by atoms with Gasteiger partial charge in [-0.1, -0.05) is 0 Å². The Kier molecular flexibility index (Phi) is 5.47. The Morgan fingerprint density at radius 3 is 2.48 bits per heavy atom. The van der Waals surface area contributed by atoms with Crippen LogP contribution >= 0.6 is 31.9 Å². The van der Waals surface area contributed by atoms with E-state index in [2.05, 4.69) is 42.3 Å². The minimum absolute atomic E-state index is 0.100. The van der Waals surface area contributed by atoms with Crippen LogP contribution in [0, 0.1) is 24.0 Å². The molecule has 2 heterocycles. The van der Waals surface area contributed by atoms with Crippen LogP contribution in [-0.2, 0) is 6.54 Å². The van der Waals surface area contributed by atoms with E-state index in [1.54, 1.807) is 16.8 Å². The summed E-state index contributed by atoms with van der Waals surface area (Å²) in [6.45, 7) is 4.27. The molecule has 3 rings (SSSR count). The van der Waals surface area contributed by atoms with Crippen molar-refractivity contribution in [1.82, 2.24) is 9.78 Å². The largest absolute Gasteiger partial charge is 0.454 e. The van der Waals surface area contributed by atoms with E-state index in [1.807, 2.05) is 19.9 Å². The van der Waals surface area contributed by atoms with Gasteiger partial charge in [0.1, 0.15) is 5.76 Å². The second-order valence-corrected chi connectivity index (χ2v) is 7.56. The van der Waals surface area contributed by atoms with Crippen molar-refractivity contribution in [3.05, 3.63) is 72.3 Å². The maximum absolute atomic E-state index is 12.5. The summed E-state index contributed by atoms with van der Waals surface area (Å²) in [6.07, 6.45) is 0. The van der Waals surface area contributed by atoms with Crippen molar-refractivity contribution in [2.24, 2.45) is 0 Å². The molecular weight excluding hydrogens is 484 g/mol. The number of furan rings is 1. The molecule has 0 spiro atoms. The van der Waals surface area contributed by atoms with Crippen LogP contribution in [0.25, 0.3) is 0 Å². The Bertz CT molecular complexity index is 1020. The fourth-order valence-corrected chi connectivity index (χ4v) is 3.89. The smallest absolute Gasteiger partial charge is 0.291 e. The minimum atomic E-state index is -0.515. The Labute approximate surface area is 171 Å². The van der Waals surface area contributed by atoms with Gasteiger partial charge >= 0.3 is 0 Å². The maximum Gasteiger partial charge on any atom is 0.291 e. The van der Waals surface area contributed by atoms with Gasteiger partial charge in [-0.05, 0) is 63.9 Å². The van der Waals surface area contributed by atoms with Crippen LogP contribution in [0.3, 0.4) is 0 Å². The number of nitrogens with zero attached hydrogens (tertiary/aromatic N) is 3. The van der Waals surface area contributed by atoms with Gasteiger partial charge < -0.3 is 9.73 Å². The summed E-state index contributed by atoms with van der Waals surface area (Å²) in [4.78, 5) is 22.8. The molecule has 0 saturated carbocycles. The van der Waals surface area contributed by atoms with E-state index in [0.29, 0.717) is 26.9 Å². The quantitative estimate of drug-likeness (QED) is 0.401. The van der Waals surface area contributed by atoms with Crippen LogP contribution in [0.15, 0.2) is 43.7 Å². The fourth-order valence-electron chi connectivity index (χ4n) is 2.53. The van der Waals surface area contributed by atoms with E-state index in [4.69, 9.17) is 4.42 Å². The molecule has 0 aliphatic carbocycles. The number of anilines is 1. The predicted molar refractivity (Wildman–Crippen MR) is 106 cm³/mol. The van der Waals surface area contributed by atoms with Gasteiger partial charge in [0.2, 0.25) is 0 Å². The van der Waals surface area contributed by atoms with Crippen molar-refractivity contribution in [2.45, 2.75) is 20.4 Å². The van der Waals surface area contributed by atoms with Gasteiger partial charge in [0.25, 0.3) is 11.6 Å². The van der Waals surface area contributed by atoms with E-state index in [9.17, 15) is 14.9 Å². The molecular formula is C17H14Br2N4O4. The number of hydrogen-bond acceptors (Lipinski definition) is 5. The summed E-state index contributed by atoms with van der Waals surface area (Å²) < 4.78 is 8.17. The number of nitro benzene ring substituents is 1. The SMILES string of the molecule is Cc1cc(C)n(Cc2ccc(C(=O)Nc3c(Br)cc([N+](=O)[O-])cc3Br)o2)n1. The molecule has 27 heavy (non-hydrogen) atoms. The van der Waals surface area contributed by atoms with Gasteiger partial charge in [0.05, 0.1) is 22.8 Å². The number of aromatic nitrogens is 2. The van der Waals surface area contributed by atoms with E-state index in [0.717, 1.165) is 11.4 Å². The first kappa shape index (κ1) is 19.3. The summed E-state index contributed by atoms with van der Waals surface area (Å²) in [6, 6.07) is 7.88. The number of rotatable bonds is 5. The van der Waals surface area contributed by atoms with Crippen LogP contribution in [0.1, 0.15) is 27.7 Å². The van der Waals surface area contributed by atoms with Gasteiger partial charge in [0.15, 0.2) is 5.76 Å². The maximum atomic E-state index is 12.5. The third-order valence-corrected chi connectivity index (χ3v) is 5.02. The zero-order valence-corrected chi connectivity index (χ0v) is 17.5. The number of hydrogen-bond donors (Lipinski definition) is 1. The predicted octanol–water partition coefficient (Wildman–Crippen LogP) is 4.83. The fraction of sp³-hybridized carbons (Fsp3) is 0.176. The molecule has 0 bridgehead atoms. The third-order valence-electron chi connectivity index (χ3n) is 3.77. The van der Waals surface area contributed by atoms with Crippen molar-refractivity contribution in [3.8, 4) is 0 Å². The van der Waals surface area contributed by atoms with Gasteiger partial charge in [-0.2, -0.15) is 5.10 Å². The van der Waals surface area contributed by atoms with Crippen LogP contribution < -0.4 is 5.32 Å². The highest BCUT2D eigenvalue weighted by Gasteiger charge is 2.18. The zero-order chi connectivity index (χ0) is 19.7. The number of amides is 1. The molecule has 0 atom stereocenters. The Balaban J connectivity index is 1.77. The zero-order valence-electron chi connectivity index (χ0n) is 14.3. The lowest BCUT2D eigenvalue weighted by atomic mass is 10.2. The van der Waals surface area contributed by atoms with Crippen molar-refractivity contribution in [1.29, 1.82) is 0 Å². The van der Waals surface area contributed by atoms with Crippen molar-refractivity contribution in [3.63, 3.8) is 0 Å². The van der Waals surface area contributed by atoms with Crippen LogP contribution in [-0.4, -0.2) is 20.6 Å². The normalized spacial score (nSPS) is 10.8. The Hall–Kier alpha value is -2.46. The number of carbonyl (C=O) groups excluding carboxylic acids is 1. The molecule has 0 unspecified atom stereocenters. The molecule has 0 fully saturated rings. The van der Waals surface area contributed by atoms with Crippen LogP contribution in [0.5, 0.6) is 0 Å². The first-order valence-electron chi connectivity index (χ1n) is 7.79. The van der Waals surface area contributed by atoms with Gasteiger partial charge in [-0.25, -0.2) is 0 Å². The van der Waals surface area contributed by atoms with E-state index < -0.39 is 10.8 Å². The standard InChI is InChI=1S/C17H14Br2N4O4/c1-9-5-10(2)22(21-9)8-12-3-4-15(27-12)17(24)20-16-13(18)6-11(23(25)26)7-14(16)19/h3-7H,8H2,1-2H3,(H,20,24). The summed E-state index contributed by atoms with van der Waals surface area (Å²) in [5.74, 6) is 0.252. The number of nitro groups is 1. The van der Waals surface area contributed by atoms with Gasteiger partial charge in [0, 0.05) is 26.8 Å². The highest BCUT2D eigenvalue weighted by Crippen LogP contribution is 2.35. The number of non-ortho nitro benzene ring substituents is 1. The van der Waals surface area contributed by atoms with Crippen molar-refractivity contribution < 1.29 is 14.1 Å².